The second-order valence-corrected chi connectivity index (χ2v) is 6.37. The van der Waals surface area contributed by atoms with E-state index in [1.54, 1.807) is 28.4 Å². The Hall–Kier alpha value is -0.240. The normalized spacial score (nSPS) is 48.5. The lowest BCUT2D eigenvalue weighted by molar-refractivity contribution is -0.474. The molecular weight excluding hydrogens is 288 g/mol. The Kier molecular flexibility index (Phi) is 4.79. The molecule has 3 aliphatic rings. The quantitative estimate of drug-likeness (QED) is 0.789. The summed E-state index contributed by atoms with van der Waals surface area (Å²) in [4.78, 5) is 0. The molecule has 6 heteroatoms. The van der Waals surface area contributed by atoms with E-state index in [2.05, 4.69) is 0 Å². The summed E-state index contributed by atoms with van der Waals surface area (Å²) < 4.78 is 35.9. The standard InChI is InChI=1S/C16H28O6/c1-17-11-7-5-9-13-15(11,19-3)21-14-10-6-8-12(18-2)16(14,20-4)22-13/h11-14H,5-10H2,1-4H3. The van der Waals surface area contributed by atoms with Crippen LogP contribution >= 0.6 is 0 Å². The average Bonchev–Trinajstić information content (AvgIpc) is 2.58. The van der Waals surface area contributed by atoms with Crippen LogP contribution in [0.5, 0.6) is 0 Å². The Balaban J connectivity index is 1.95. The molecule has 0 aromatic carbocycles. The van der Waals surface area contributed by atoms with E-state index in [1.165, 1.54) is 0 Å². The summed E-state index contributed by atoms with van der Waals surface area (Å²) in [5.74, 6) is -1.70. The van der Waals surface area contributed by atoms with Gasteiger partial charge in [0.05, 0.1) is 0 Å². The minimum Gasteiger partial charge on any atom is -0.376 e. The van der Waals surface area contributed by atoms with E-state index in [4.69, 9.17) is 28.4 Å². The van der Waals surface area contributed by atoms with Crippen molar-refractivity contribution in [2.75, 3.05) is 28.4 Å². The number of ether oxygens (including phenoxy) is 6. The van der Waals surface area contributed by atoms with Crippen molar-refractivity contribution in [1.29, 1.82) is 0 Å². The van der Waals surface area contributed by atoms with Gasteiger partial charge >= 0.3 is 0 Å². The maximum atomic E-state index is 6.48. The average molecular weight is 316 g/mol. The Morgan fingerprint density at radius 2 is 1.09 bits per heavy atom. The van der Waals surface area contributed by atoms with Crippen molar-refractivity contribution in [3.05, 3.63) is 0 Å². The Bertz CT molecular complexity index is 355. The number of hydrogen-bond donors (Lipinski definition) is 0. The third-order valence-electron chi connectivity index (χ3n) is 5.52. The number of fused-ring (bicyclic) bond motifs is 2. The van der Waals surface area contributed by atoms with Crippen molar-refractivity contribution in [1.82, 2.24) is 0 Å². The zero-order valence-electron chi connectivity index (χ0n) is 14.0. The van der Waals surface area contributed by atoms with E-state index in [0.29, 0.717) is 0 Å². The van der Waals surface area contributed by atoms with Crippen LogP contribution in [0.15, 0.2) is 0 Å². The van der Waals surface area contributed by atoms with E-state index in [0.717, 1.165) is 38.5 Å². The van der Waals surface area contributed by atoms with Crippen LogP contribution in [0.4, 0.5) is 0 Å². The number of methoxy groups -OCH3 is 4. The third-order valence-corrected chi connectivity index (χ3v) is 5.52. The highest BCUT2D eigenvalue weighted by Crippen LogP contribution is 2.50. The molecule has 0 aromatic heterocycles. The molecule has 0 bridgehead atoms. The molecule has 0 spiro atoms. The van der Waals surface area contributed by atoms with Gasteiger partial charge in [-0.3, -0.25) is 0 Å². The Labute approximate surface area is 132 Å². The zero-order valence-corrected chi connectivity index (χ0v) is 14.0. The van der Waals surface area contributed by atoms with E-state index in [-0.39, 0.29) is 24.4 Å². The maximum Gasteiger partial charge on any atom is 0.222 e. The van der Waals surface area contributed by atoms with E-state index in [9.17, 15) is 0 Å². The molecule has 1 saturated heterocycles. The van der Waals surface area contributed by atoms with Crippen LogP contribution in [0.1, 0.15) is 38.5 Å². The predicted octanol–water partition coefficient (Wildman–Crippen LogP) is 1.85. The van der Waals surface area contributed by atoms with Gasteiger partial charge in [0.2, 0.25) is 11.6 Å². The van der Waals surface area contributed by atoms with E-state index < -0.39 is 11.6 Å². The van der Waals surface area contributed by atoms with Crippen molar-refractivity contribution in [3.8, 4) is 0 Å². The van der Waals surface area contributed by atoms with Crippen molar-refractivity contribution >= 4 is 0 Å². The SMILES string of the molecule is COC1CCCC2OC3(OC)C(OC)CCCC3OC12OC. The highest BCUT2D eigenvalue weighted by atomic mass is 16.8. The van der Waals surface area contributed by atoms with Gasteiger partial charge in [0.15, 0.2) is 0 Å². The molecule has 0 amide bonds. The summed E-state index contributed by atoms with van der Waals surface area (Å²) in [6.07, 6.45) is 4.87. The number of rotatable bonds is 4. The first kappa shape index (κ1) is 16.6. The van der Waals surface area contributed by atoms with Crippen LogP contribution in [0.2, 0.25) is 0 Å². The second kappa shape index (κ2) is 6.34. The van der Waals surface area contributed by atoms with Crippen LogP contribution in [-0.4, -0.2) is 64.4 Å². The summed E-state index contributed by atoms with van der Waals surface area (Å²) in [7, 11) is 6.75. The highest BCUT2D eigenvalue weighted by Gasteiger charge is 2.65. The largest absolute Gasteiger partial charge is 0.376 e. The van der Waals surface area contributed by atoms with Gasteiger partial charge in [-0.05, 0) is 38.5 Å². The molecule has 0 aromatic rings. The van der Waals surface area contributed by atoms with Crippen molar-refractivity contribution in [2.24, 2.45) is 0 Å². The lowest BCUT2D eigenvalue weighted by Gasteiger charge is -2.59. The maximum absolute atomic E-state index is 6.48. The van der Waals surface area contributed by atoms with Crippen LogP contribution in [0.25, 0.3) is 0 Å². The van der Waals surface area contributed by atoms with Crippen molar-refractivity contribution in [3.63, 3.8) is 0 Å². The first-order chi connectivity index (χ1) is 10.7. The molecule has 6 atom stereocenters. The molecule has 1 aliphatic heterocycles. The summed E-state index contributed by atoms with van der Waals surface area (Å²) in [6, 6.07) is 0. The molecule has 2 aliphatic carbocycles. The summed E-state index contributed by atoms with van der Waals surface area (Å²) in [6.45, 7) is 0. The lowest BCUT2D eigenvalue weighted by Crippen LogP contribution is -2.74. The molecule has 1 heterocycles. The monoisotopic (exact) mass is 316 g/mol. The number of hydrogen-bond acceptors (Lipinski definition) is 6. The van der Waals surface area contributed by atoms with Gasteiger partial charge in [0, 0.05) is 28.4 Å². The smallest absolute Gasteiger partial charge is 0.222 e. The minimum atomic E-state index is -0.852. The molecule has 6 unspecified atom stereocenters. The van der Waals surface area contributed by atoms with Crippen LogP contribution in [-0.2, 0) is 28.4 Å². The molecular formula is C16H28O6. The molecule has 128 valence electrons. The fourth-order valence-electron chi connectivity index (χ4n) is 4.41. The fraction of sp³-hybridized carbons (Fsp3) is 1.00. The fourth-order valence-corrected chi connectivity index (χ4v) is 4.41. The zero-order chi connectivity index (χ0) is 15.8. The lowest BCUT2D eigenvalue weighted by atomic mass is 9.81. The van der Waals surface area contributed by atoms with Gasteiger partial charge in [-0.15, -0.1) is 0 Å². The van der Waals surface area contributed by atoms with Crippen LogP contribution < -0.4 is 0 Å². The van der Waals surface area contributed by atoms with E-state index in [1.807, 2.05) is 0 Å². The molecule has 6 nitrogen and oxygen atoms in total. The van der Waals surface area contributed by atoms with Gasteiger partial charge < -0.3 is 28.4 Å². The topological polar surface area (TPSA) is 55.4 Å². The molecule has 3 rings (SSSR count). The first-order valence-electron chi connectivity index (χ1n) is 8.18. The van der Waals surface area contributed by atoms with Gasteiger partial charge in [0.25, 0.3) is 0 Å². The minimum absolute atomic E-state index is 0.131. The first-order valence-corrected chi connectivity index (χ1v) is 8.18. The van der Waals surface area contributed by atoms with Gasteiger partial charge in [0.1, 0.15) is 24.4 Å². The molecule has 0 N–H and O–H groups in total. The van der Waals surface area contributed by atoms with Crippen molar-refractivity contribution in [2.45, 2.75) is 74.5 Å². The molecule has 2 saturated carbocycles. The van der Waals surface area contributed by atoms with Gasteiger partial charge in [-0.2, -0.15) is 0 Å². The second-order valence-electron chi connectivity index (χ2n) is 6.37. The molecule has 0 radical (unpaired) electrons. The van der Waals surface area contributed by atoms with Gasteiger partial charge in [-0.1, -0.05) is 0 Å². The Morgan fingerprint density at radius 3 is 1.41 bits per heavy atom. The summed E-state index contributed by atoms with van der Waals surface area (Å²) in [5, 5.41) is 0. The molecule has 3 fully saturated rings. The Morgan fingerprint density at radius 1 is 0.682 bits per heavy atom. The highest BCUT2D eigenvalue weighted by molar-refractivity contribution is 5.04. The van der Waals surface area contributed by atoms with E-state index >= 15 is 0 Å². The van der Waals surface area contributed by atoms with Crippen LogP contribution in [0.3, 0.4) is 0 Å². The predicted molar refractivity (Wildman–Crippen MR) is 78.5 cm³/mol. The van der Waals surface area contributed by atoms with Crippen molar-refractivity contribution < 1.29 is 28.4 Å². The third kappa shape index (κ3) is 2.24. The summed E-state index contributed by atoms with van der Waals surface area (Å²) >= 11 is 0. The summed E-state index contributed by atoms with van der Waals surface area (Å²) in [5.41, 5.74) is 0. The van der Waals surface area contributed by atoms with Gasteiger partial charge in [-0.25, -0.2) is 0 Å². The molecule has 22 heavy (non-hydrogen) atoms. The van der Waals surface area contributed by atoms with Crippen LogP contribution in [0, 0.1) is 0 Å².